The summed E-state index contributed by atoms with van der Waals surface area (Å²) in [5.41, 5.74) is 2.37. The average molecular weight is 404 g/mol. The summed E-state index contributed by atoms with van der Waals surface area (Å²) >= 11 is 7.47. The van der Waals surface area contributed by atoms with Gasteiger partial charge < -0.3 is 15.0 Å². The summed E-state index contributed by atoms with van der Waals surface area (Å²) in [4.78, 5) is 32.4. The van der Waals surface area contributed by atoms with Crippen LogP contribution >= 0.6 is 22.9 Å². The summed E-state index contributed by atoms with van der Waals surface area (Å²) in [6.45, 7) is 3.86. The number of carbonyl (C=O) groups is 2. The monoisotopic (exact) mass is 403 g/mol. The quantitative estimate of drug-likeness (QED) is 0.619. The molecule has 0 aliphatic rings. The van der Waals surface area contributed by atoms with Gasteiger partial charge in [0.25, 0.3) is 5.91 Å². The summed E-state index contributed by atoms with van der Waals surface area (Å²) in [6, 6.07) is 10.3. The van der Waals surface area contributed by atoms with Gasteiger partial charge in [-0.2, -0.15) is 0 Å². The van der Waals surface area contributed by atoms with E-state index in [9.17, 15) is 9.59 Å². The molecule has 0 spiro atoms. The molecule has 1 amide bonds. The zero-order valence-electron chi connectivity index (χ0n) is 15.0. The van der Waals surface area contributed by atoms with Crippen LogP contribution in [0.5, 0.6) is 0 Å². The third-order valence-electron chi connectivity index (χ3n) is 3.98. The van der Waals surface area contributed by atoms with Gasteiger partial charge in [0.1, 0.15) is 16.4 Å². The number of nitrogens with one attached hydrogen (secondary N) is 2. The number of ether oxygens (including phenoxy) is 1. The Bertz CT molecular complexity index is 979. The molecule has 0 fully saturated rings. The van der Waals surface area contributed by atoms with Gasteiger partial charge in [-0.1, -0.05) is 23.7 Å². The molecule has 0 aliphatic carbocycles. The van der Waals surface area contributed by atoms with Crippen molar-refractivity contribution in [2.75, 3.05) is 7.11 Å². The summed E-state index contributed by atoms with van der Waals surface area (Å²) in [6.07, 6.45) is 0. The number of rotatable bonds is 5. The van der Waals surface area contributed by atoms with Crippen LogP contribution in [0.15, 0.2) is 36.4 Å². The average Bonchev–Trinajstić information content (AvgIpc) is 3.29. The Morgan fingerprint density at radius 2 is 1.85 bits per heavy atom. The third-order valence-corrected chi connectivity index (χ3v) is 5.39. The highest BCUT2D eigenvalue weighted by Gasteiger charge is 2.19. The van der Waals surface area contributed by atoms with Crippen molar-refractivity contribution in [2.45, 2.75) is 19.9 Å². The van der Waals surface area contributed by atoms with Crippen LogP contribution in [0.1, 0.15) is 43.8 Å². The van der Waals surface area contributed by atoms with Crippen LogP contribution in [0.3, 0.4) is 0 Å². The van der Waals surface area contributed by atoms with E-state index in [1.54, 1.807) is 6.07 Å². The predicted octanol–water partition coefficient (Wildman–Crippen LogP) is 4.38. The molecule has 6 nitrogen and oxygen atoms in total. The summed E-state index contributed by atoms with van der Waals surface area (Å²) in [5, 5.41) is 4.36. The minimum atomic E-state index is -0.523. The van der Waals surface area contributed by atoms with E-state index in [1.807, 2.05) is 38.1 Å². The molecular weight excluding hydrogens is 386 g/mol. The first-order valence-electron chi connectivity index (χ1n) is 8.20. The molecule has 0 bridgehead atoms. The molecular formula is C19H18ClN3O3S. The maximum absolute atomic E-state index is 12.4. The Morgan fingerprint density at radius 1 is 1.19 bits per heavy atom. The van der Waals surface area contributed by atoms with Crippen molar-refractivity contribution in [3.63, 3.8) is 0 Å². The van der Waals surface area contributed by atoms with E-state index < -0.39 is 5.97 Å². The number of hydrogen-bond acceptors (Lipinski definition) is 5. The first-order valence-corrected chi connectivity index (χ1v) is 9.40. The van der Waals surface area contributed by atoms with Gasteiger partial charge in [0.2, 0.25) is 0 Å². The summed E-state index contributed by atoms with van der Waals surface area (Å²) < 4.78 is 4.63. The Kier molecular flexibility index (Phi) is 5.62. The van der Waals surface area contributed by atoms with Crippen molar-refractivity contribution in [3.8, 4) is 11.3 Å². The number of hydrogen-bond donors (Lipinski definition) is 2. The maximum Gasteiger partial charge on any atom is 0.354 e. The van der Waals surface area contributed by atoms with E-state index in [4.69, 9.17) is 11.6 Å². The highest BCUT2D eigenvalue weighted by Crippen LogP contribution is 2.31. The van der Waals surface area contributed by atoms with Crippen molar-refractivity contribution in [3.05, 3.63) is 62.7 Å². The number of H-pyrrole nitrogens is 1. The number of aromatic amines is 1. The molecule has 0 aliphatic heterocycles. The molecule has 2 N–H and O–H groups in total. The van der Waals surface area contributed by atoms with Gasteiger partial charge in [0.05, 0.1) is 18.8 Å². The molecule has 140 valence electrons. The highest BCUT2D eigenvalue weighted by molar-refractivity contribution is 7.12. The summed E-state index contributed by atoms with van der Waals surface area (Å²) in [7, 11) is 1.29. The summed E-state index contributed by atoms with van der Waals surface area (Å²) in [5.74, 6) is -0.844. The second-order valence-corrected chi connectivity index (χ2v) is 7.61. The third kappa shape index (κ3) is 4.20. The second kappa shape index (κ2) is 7.94. The van der Waals surface area contributed by atoms with Gasteiger partial charge in [-0.15, -0.1) is 11.3 Å². The van der Waals surface area contributed by atoms with Crippen molar-refractivity contribution in [2.24, 2.45) is 0 Å². The lowest BCUT2D eigenvalue weighted by Gasteiger charge is -2.10. The zero-order valence-corrected chi connectivity index (χ0v) is 16.6. The van der Waals surface area contributed by atoms with Crippen LogP contribution in [0.2, 0.25) is 5.02 Å². The normalized spacial score (nSPS) is 11.9. The fourth-order valence-corrected chi connectivity index (χ4v) is 3.64. The van der Waals surface area contributed by atoms with E-state index >= 15 is 0 Å². The van der Waals surface area contributed by atoms with Crippen LogP contribution in [0, 0.1) is 6.92 Å². The number of aryl methyl sites for hydroxylation is 1. The predicted molar refractivity (Wildman–Crippen MR) is 105 cm³/mol. The van der Waals surface area contributed by atoms with Crippen LogP contribution in [-0.2, 0) is 4.74 Å². The fraction of sp³-hybridized carbons (Fsp3) is 0.211. The van der Waals surface area contributed by atoms with E-state index in [1.165, 1.54) is 24.5 Å². The minimum absolute atomic E-state index is 0.227. The minimum Gasteiger partial charge on any atom is -0.464 e. The Hall–Kier alpha value is -2.64. The molecule has 1 unspecified atom stereocenters. The topological polar surface area (TPSA) is 84.1 Å². The molecule has 2 heterocycles. The van der Waals surface area contributed by atoms with Gasteiger partial charge in [-0.05, 0) is 38.1 Å². The maximum atomic E-state index is 12.4. The first-order chi connectivity index (χ1) is 12.9. The largest absolute Gasteiger partial charge is 0.464 e. The van der Waals surface area contributed by atoms with Gasteiger partial charge >= 0.3 is 5.97 Å². The molecule has 1 aromatic carbocycles. The van der Waals surface area contributed by atoms with Crippen LogP contribution < -0.4 is 5.32 Å². The molecule has 0 saturated heterocycles. The number of benzene rings is 1. The van der Waals surface area contributed by atoms with Crippen molar-refractivity contribution >= 4 is 34.8 Å². The number of aromatic nitrogens is 2. The van der Waals surface area contributed by atoms with E-state index in [0.717, 1.165) is 21.1 Å². The Labute approximate surface area is 165 Å². The van der Waals surface area contributed by atoms with E-state index in [2.05, 4.69) is 20.0 Å². The van der Waals surface area contributed by atoms with Crippen LogP contribution in [0.25, 0.3) is 11.3 Å². The first kappa shape index (κ1) is 19.1. The lowest BCUT2D eigenvalue weighted by molar-refractivity contribution is 0.0595. The van der Waals surface area contributed by atoms with Crippen molar-refractivity contribution in [1.82, 2.24) is 15.3 Å². The number of esters is 1. The van der Waals surface area contributed by atoms with Crippen LogP contribution in [0.4, 0.5) is 0 Å². The van der Waals surface area contributed by atoms with Crippen LogP contribution in [-0.4, -0.2) is 29.0 Å². The van der Waals surface area contributed by atoms with Gasteiger partial charge in [0.15, 0.2) is 0 Å². The molecule has 8 heteroatoms. The fourth-order valence-electron chi connectivity index (χ4n) is 2.57. The molecule has 0 saturated carbocycles. The molecule has 3 aromatic rings. The molecule has 1 atom stereocenters. The van der Waals surface area contributed by atoms with Crippen molar-refractivity contribution < 1.29 is 14.3 Å². The Morgan fingerprint density at radius 3 is 2.52 bits per heavy atom. The SMILES string of the molecule is COC(=O)c1ccc(C(=O)NC(C)c2nc(-c3ccc(Cl)cc3)c(C)s2)[nH]1. The number of nitrogens with zero attached hydrogens (tertiary/aromatic N) is 1. The zero-order chi connectivity index (χ0) is 19.6. The van der Waals surface area contributed by atoms with Gasteiger partial charge in [-0.25, -0.2) is 9.78 Å². The molecule has 2 aromatic heterocycles. The molecule has 0 radical (unpaired) electrons. The Balaban J connectivity index is 1.74. The van der Waals surface area contributed by atoms with E-state index in [0.29, 0.717) is 5.02 Å². The number of carbonyl (C=O) groups excluding carboxylic acids is 2. The number of thiazole rings is 1. The lowest BCUT2D eigenvalue weighted by atomic mass is 10.1. The smallest absolute Gasteiger partial charge is 0.354 e. The van der Waals surface area contributed by atoms with Crippen molar-refractivity contribution in [1.29, 1.82) is 0 Å². The van der Waals surface area contributed by atoms with E-state index in [-0.39, 0.29) is 23.3 Å². The highest BCUT2D eigenvalue weighted by atomic mass is 35.5. The molecule has 27 heavy (non-hydrogen) atoms. The lowest BCUT2D eigenvalue weighted by Crippen LogP contribution is -2.27. The van der Waals surface area contributed by atoms with Gasteiger partial charge in [0, 0.05) is 15.5 Å². The standard InChI is InChI=1S/C19H18ClN3O3S/c1-10(21-17(24)14-8-9-15(22-14)19(25)26-3)18-23-16(11(2)27-18)12-4-6-13(20)7-5-12/h4-10,22H,1-3H3,(H,21,24). The number of methoxy groups -OCH3 is 1. The molecule has 3 rings (SSSR count). The number of halogens is 1. The van der Waals surface area contributed by atoms with Gasteiger partial charge in [-0.3, -0.25) is 4.79 Å². The second-order valence-electron chi connectivity index (χ2n) is 5.94. The number of amides is 1.